The van der Waals surface area contributed by atoms with E-state index >= 15 is 0 Å². The first kappa shape index (κ1) is 17.8. The second-order valence-corrected chi connectivity index (χ2v) is 8.44. The van der Waals surface area contributed by atoms with Crippen LogP contribution in [0.3, 0.4) is 0 Å². The Morgan fingerprint density at radius 1 is 1.38 bits per heavy atom. The van der Waals surface area contributed by atoms with Gasteiger partial charge in [0.05, 0.1) is 5.54 Å². The van der Waals surface area contributed by atoms with Crippen molar-refractivity contribution in [3.63, 3.8) is 0 Å². The lowest BCUT2D eigenvalue weighted by Crippen LogP contribution is -2.82. The zero-order valence-corrected chi connectivity index (χ0v) is 16.4. The van der Waals surface area contributed by atoms with Crippen LogP contribution >= 0.6 is 22.6 Å². The molecule has 3 atom stereocenters. The van der Waals surface area contributed by atoms with Crippen molar-refractivity contribution in [2.75, 3.05) is 11.0 Å². The van der Waals surface area contributed by atoms with Gasteiger partial charge in [-0.25, -0.2) is 9.18 Å². The molecule has 2 aliphatic rings. The number of hydrogen-bond acceptors (Lipinski definition) is 3. The number of halogens is 2. The number of carbonyl (C=O) groups is 1. The second kappa shape index (κ2) is 6.35. The Labute approximate surface area is 155 Å². The lowest BCUT2D eigenvalue weighted by Gasteiger charge is -2.69. The smallest absolute Gasteiger partial charge is 0.411 e. The van der Waals surface area contributed by atoms with E-state index in [1.54, 1.807) is 12.1 Å². The van der Waals surface area contributed by atoms with Crippen LogP contribution in [-0.4, -0.2) is 39.2 Å². The van der Waals surface area contributed by atoms with E-state index in [1.807, 2.05) is 25.7 Å². The fraction of sp³-hybridized carbons (Fsp3) is 0.611. The first-order valence-electron chi connectivity index (χ1n) is 8.23. The zero-order valence-electron chi connectivity index (χ0n) is 14.2. The summed E-state index contributed by atoms with van der Waals surface area (Å²) in [6.45, 7) is 6.06. The lowest BCUT2D eigenvalue weighted by atomic mass is 9.55. The van der Waals surface area contributed by atoms with Crippen molar-refractivity contribution >= 4 is 28.7 Å². The first-order valence-corrected chi connectivity index (χ1v) is 9.76. The van der Waals surface area contributed by atoms with E-state index in [0.717, 1.165) is 17.3 Å². The Morgan fingerprint density at radius 3 is 2.54 bits per heavy atom. The Bertz CT molecular complexity index is 616. The van der Waals surface area contributed by atoms with E-state index in [9.17, 15) is 9.18 Å². The van der Waals surface area contributed by atoms with Gasteiger partial charge < -0.3 is 9.47 Å². The lowest BCUT2D eigenvalue weighted by molar-refractivity contribution is -0.194. The van der Waals surface area contributed by atoms with Crippen LogP contribution in [0.25, 0.3) is 0 Å². The van der Waals surface area contributed by atoms with Gasteiger partial charge in [-0.2, -0.15) is 0 Å². The fourth-order valence-corrected chi connectivity index (χ4v) is 4.72. The minimum Gasteiger partial charge on any atom is -0.491 e. The summed E-state index contributed by atoms with van der Waals surface area (Å²) in [6.07, 6.45) is 1.77. The largest absolute Gasteiger partial charge is 0.491 e. The van der Waals surface area contributed by atoms with E-state index in [0.29, 0.717) is 18.3 Å². The number of rotatable bonds is 4. The average molecular weight is 447 g/mol. The van der Waals surface area contributed by atoms with E-state index in [4.69, 9.17) is 9.47 Å². The molecule has 4 nitrogen and oxygen atoms in total. The van der Waals surface area contributed by atoms with Crippen LogP contribution in [0.5, 0.6) is 5.75 Å². The maximum atomic E-state index is 13.0. The quantitative estimate of drug-likeness (QED) is 0.507. The van der Waals surface area contributed by atoms with Crippen LogP contribution in [-0.2, 0) is 4.74 Å². The summed E-state index contributed by atoms with van der Waals surface area (Å²) < 4.78 is 25.4. The molecule has 1 saturated heterocycles. The molecule has 1 heterocycles. The first-order chi connectivity index (χ1) is 11.3. The Morgan fingerprint density at radius 2 is 2.04 bits per heavy atom. The molecule has 3 unspecified atom stereocenters. The van der Waals surface area contributed by atoms with Crippen molar-refractivity contribution in [1.29, 1.82) is 0 Å². The van der Waals surface area contributed by atoms with Crippen LogP contribution in [0.1, 0.15) is 33.6 Å². The molecule has 0 aromatic heterocycles. The third kappa shape index (κ3) is 3.09. The summed E-state index contributed by atoms with van der Waals surface area (Å²) in [7, 11) is 0. The second-order valence-electron chi connectivity index (χ2n) is 7.56. The molecule has 1 aliphatic carbocycles. The molecule has 1 saturated carbocycles. The number of benzene rings is 1. The van der Waals surface area contributed by atoms with Crippen molar-refractivity contribution in [2.45, 2.75) is 50.8 Å². The van der Waals surface area contributed by atoms with Crippen molar-refractivity contribution in [2.24, 2.45) is 5.92 Å². The van der Waals surface area contributed by atoms with Gasteiger partial charge in [0.2, 0.25) is 0 Å². The number of hydrogen-bond donors (Lipinski definition) is 0. The number of piperidine rings is 1. The molecular formula is C18H23FINO3. The molecule has 2 fully saturated rings. The van der Waals surface area contributed by atoms with Gasteiger partial charge in [-0.1, -0.05) is 22.6 Å². The third-order valence-electron chi connectivity index (χ3n) is 4.91. The summed E-state index contributed by atoms with van der Waals surface area (Å²) in [4.78, 5) is 14.5. The van der Waals surface area contributed by atoms with E-state index < -0.39 is 5.60 Å². The summed E-state index contributed by atoms with van der Waals surface area (Å²) in [6, 6.07) is 6.21. The number of alkyl halides is 1. The van der Waals surface area contributed by atoms with Gasteiger partial charge in [-0.15, -0.1) is 0 Å². The van der Waals surface area contributed by atoms with Gasteiger partial charge in [0.25, 0.3) is 0 Å². The van der Waals surface area contributed by atoms with Crippen LogP contribution < -0.4 is 4.74 Å². The van der Waals surface area contributed by atoms with Gasteiger partial charge in [0.15, 0.2) is 0 Å². The van der Waals surface area contributed by atoms with Crippen molar-refractivity contribution in [1.82, 2.24) is 4.90 Å². The number of likely N-dealkylation sites (tertiary alicyclic amines) is 1. The third-order valence-corrected chi connectivity index (χ3v) is 5.81. The number of ether oxygens (including phenoxy) is 2. The number of nitrogens with zero attached hydrogens (tertiary/aromatic N) is 1. The molecule has 1 amide bonds. The molecule has 24 heavy (non-hydrogen) atoms. The maximum absolute atomic E-state index is 13.0. The summed E-state index contributed by atoms with van der Waals surface area (Å²) in [5, 5.41) is 0. The minimum atomic E-state index is -0.513. The number of amides is 1. The molecule has 1 aromatic rings. The van der Waals surface area contributed by atoms with Gasteiger partial charge in [-0.3, -0.25) is 4.90 Å². The molecule has 0 spiro atoms. The van der Waals surface area contributed by atoms with E-state index in [1.165, 1.54) is 12.1 Å². The molecule has 132 valence electrons. The molecule has 6 heteroatoms. The van der Waals surface area contributed by atoms with Crippen LogP contribution in [0.15, 0.2) is 24.3 Å². The summed E-state index contributed by atoms with van der Waals surface area (Å²) in [5.41, 5.74) is -0.784. The normalized spacial score (nSPS) is 28.5. The predicted molar refractivity (Wildman–Crippen MR) is 98.1 cm³/mol. The van der Waals surface area contributed by atoms with Gasteiger partial charge in [-0.05, 0) is 57.9 Å². The highest BCUT2D eigenvalue weighted by Crippen LogP contribution is 2.57. The zero-order chi connectivity index (χ0) is 17.5. The SMILES string of the molecule is CC(C)(C)OC(=O)N1C(CI)C2CCC21COc1ccc(F)cc1. The van der Waals surface area contributed by atoms with Crippen molar-refractivity contribution < 1.29 is 18.7 Å². The number of fused-ring (bicyclic) bond motifs is 1. The molecule has 1 aromatic carbocycles. The van der Waals surface area contributed by atoms with Crippen LogP contribution in [0.2, 0.25) is 0 Å². The minimum absolute atomic E-state index is 0.214. The van der Waals surface area contributed by atoms with Crippen molar-refractivity contribution in [3.8, 4) is 5.75 Å². The standard InChI is InChI=1S/C18H23FINO3/c1-17(2,3)24-16(22)21-15(10-20)14-8-9-18(14,21)11-23-13-6-4-12(19)5-7-13/h4-7,14-15H,8-11H2,1-3H3. The van der Waals surface area contributed by atoms with Gasteiger partial charge >= 0.3 is 6.09 Å². The highest BCUT2D eigenvalue weighted by Gasteiger charge is 2.68. The molecular weight excluding hydrogens is 424 g/mol. The predicted octanol–water partition coefficient (Wildman–Crippen LogP) is 4.41. The topological polar surface area (TPSA) is 38.8 Å². The van der Waals surface area contributed by atoms with E-state index in [2.05, 4.69) is 22.6 Å². The van der Waals surface area contributed by atoms with E-state index in [-0.39, 0.29) is 23.5 Å². The summed E-state index contributed by atoms with van der Waals surface area (Å²) in [5.74, 6) is 0.798. The average Bonchev–Trinajstić information content (AvgIpc) is 2.48. The molecule has 1 aliphatic heterocycles. The fourth-order valence-electron chi connectivity index (χ4n) is 3.71. The Hall–Kier alpha value is -1.05. The molecule has 0 radical (unpaired) electrons. The Kier molecular flexibility index (Phi) is 4.70. The van der Waals surface area contributed by atoms with Crippen LogP contribution in [0.4, 0.5) is 9.18 Å². The summed E-state index contributed by atoms with van der Waals surface area (Å²) >= 11 is 2.33. The van der Waals surface area contributed by atoms with Crippen LogP contribution in [0, 0.1) is 11.7 Å². The van der Waals surface area contributed by atoms with Gasteiger partial charge in [0.1, 0.15) is 23.8 Å². The van der Waals surface area contributed by atoms with Crippen molar-refractivity contribution in [3.05, 3.63) is 30.1 Å². The monoisotopic (exact) mass is 447 g/mol. The molecule has 3 rings (SSSR count). The highest BCUT2D eigenvalue weighted by molar-refractivity contribution is 14.1. The molecule has 0 bridgehead atoms. The highest BCUT2D eigenvalue weighted by atomic mass is 127. The van der Waals surface area contributed by atoms with Gasteiger partial charge in [0, 0.05) is 16.4 Å². The maximum Gasteiger partial charge on any atom is 0.411 e. The number of carbonyl (C=O) groups excluding carboxylic acids is 1. The molecule has 0 N–H and O–H groups in total. The Balaban J connectivity index is 1.72.